The standard InChI is InChI=1S/C25H30N2O6S/c1-32-22(23(28)27-21(24(29)30)12-14-34-2)11-13-26-25(31)33-15-20-18-9-5-3-7-16(18)17-8-4-6-10-19(17)20/h3-10,20-22H,11-15H2,1-2H3,(H,26,31)(H,27,28)(H,29,30)/t21-,22?/m1/s1. The number of ether oxygens (including phenoxy) is 2. The Morgan fingerprint density at radius 2 is 1.65 bits per heavy atom. The summed E-state index contributed by atoms with van der Waals surface area (Å²) in [5, 5.41) is 14.4. The maximum Gasteiger partial charge on any atom is 0.407 e. The van der Waals surface area contributed by atoms with E-state index in [9.17, 15) is 19.5 Å². The van der Waals surface area contributed by atoms with Crippen LogP contribution in [-0.4, -0.2) is 67.5 Å². The summed E-state index contributed by atoms with van der Waals surface area (Å²) in [6.07, 6.45) is 0.900. The first kappa shape index (κ1) is 25.6. The SMILES string of the molecule is COC(CCNC(=O)OCC1c2ccccc2-c2ccccc21)C(=O)N[C@H](CCSC)C(=O)O. The molecule has 2 aromatic carbocycles. The van der Waals surface area contributed by atoms with Crippen LogP contribution in [0, 0.1) is 0 Å². The monoisotopic (exact) mass is 486 g/mol. The van der Waals surface area contributed by atoms with Gasteiger partial charge in [0.05, 0.1) is 0 Å². The molecule has 3 N–H and O–H groups in total. The summed E-state index contributed by atoms with van der Waals surface area (Å²) in [5.41, 5.74) is 4.56. The van der Waals surface area contributed by atoms with Crippen LogP contribution >= 0.6 is 11.8 Å². The third-order valence-corrected chi connectivity index (χ3v) is 6.47. The van der Waals surface area contributed by atoms with Gasteiger partial charge in [0.25, 0.3) is 0 Å². The molecule has 2 atom stereocenters. The number of hydrogen-bond donors (Lipinski definition) is 3. The Bertz CT molecular complexity index is 969. The molecule has 1 unspecified atom stereocenters. The summed E-state index contributed by atoms with van der Waals surface area (Å²) in [6.45, 7) is 0.342. The molecule has 3 rings (SSSR count). The van der Waals surface area contributed by atoms with E-state index in [-0.39, 0.29) is 25.5 Å². The number of carboxylic acid groups (broad SMARTS) is 1. The van der Waals surface area contributed by atoms with Crippen molar-refractivity contribution in [1.82, 2.24) is 10.6 Å². The fourth-order valence-corrected chi connectivity index (χ4v) is 4.54. The molecule has 0 saturated heterocycles. The molecule has 0 fully saturated rings. The number of methoxy groups -OCH3 is 1. The van der Waals surface area contributed by atoms with Crippen LogP contribution in [0.2, 0.25) is 0 Å². The molecule has 8 nitrogen and oxygen atoms in total. The van der Waals surface area contributed by atoms with E-state index in [4.69, 9.17) is 9.47 Å². The van der Waals surface area contributed by atoms with Gasteiger partial charge in [-0.05, 0) is 40.7 Å². The molecular formula is C25H30N2O6S. The van der Waals surface area contributed by atoms with Gasteiger partial charge in [-0.2, -0.15) is 11.8 Å². The van der Waals surface area contributed by atoms with Crippen LogP contribution in [0.5, 0.6) is 0 Å². The Balaban J connectivity index is 1.48. The maximum atomic E-state index is 12.4. The predicted octanol–water partition coefficient (Wildman–Crippen LogP) is 3.25. The number of aliphatic carboxylic acids is 1. The van der Waals surface area contributed by atoms with Gasteiger partial charge in [0, 0.05) is 26.0 Å². The zero-order valence-electron chi connectivity index (χ0n) is 19.3. The Kier molecular flexibility index (Phi) is 9.35. The van der Waals surface area contributed by atoms with Crippen LogP contribution in [0.15, 0.2) is 48.5 Å². The van der Waals surface area contributed by atoms with Crippen LogP contribution in [0.4, 0.5) is 4.79 Å². The van der Waals surface area contributed by atoms with E-state index in [2.05, 4.69) is 22.8 Å². The minimum atomic E-state index is -1.09. The van der Waals surface area contributed by atoms with Crippen LogP contribution in [0.25, 0.3) is 11.1 Å². The summed E-state index contributed by atoms with van der Waals surface area (Å²) in [5.74, 6) is -1.04. The lowest BCUT2D eigenvalue weighted by atomic mass is 9.98. The van der Waals surface area contributed by atoms with Crippen molar-refractivity contribution in [2.75, 3.05) is 32.3 Å². The second-order valence-electron chi connectivity index (χ2n) is 7.95. The van der Waals surface area contributed by atoms with Crippen molar-refractivity contribution >= 4 is 29.7 Å². The Labute approximate surface area is 203 Å². The van der Waals surface area contributed by atoms with Crippen LogP contribution in [-0.2, 0) is 19.1 Å². The number of carbonyl (C=O) groups is 3. The zero-order valence-corrected chi connectivity index (χ0v) is 20.1. The van der Waals surface area contributed by atoms with E-state index in [0.29, 0.717) is 12.2 Å². The molecule has 1 aliphatic carbocycles. The van der Waals surface area contributed by atoms with Crippen LogP contribution in [0.1, 0.15) is 29.9 Å². The first-order valence-corrected chi connectivity index (χ1v) is 12.5. The molecule has 34 heavy (non-hydrogen) atoms. The summed E-state index contributed by atoms with van der Waals surface area (Å²) in [6, 6.07) is 15.2. The normalized spacial score (nSPS) is 13.9. The average Bonchev–Trinajstić information content (AvgIpc) is 3.16. The second-order valence-corrected chi connectivity index (χ2v) is 8.93. The van der Waals surface area contributed by atoms with Crippen molar-refractivity contribution in [3.8, 4) is 11.1 Å². The summed E-state index contributed by atoms with van der Waals surface area (Å²) in [4.78, 5) is 36.1. The molecule has 0 radical (unpaired) electrons. The zero-order chi connectivity index (χ0) is 24.5. The Hall–Kier alpha value is -3.04. The van der Waals surface area contributed by atoms with Crippen molar-refractivity contribution in [3.63, 3.8) is 0 Å². The lowest BCUT2D eigenvalue weighted by Gasteiger charge is -2.19. The summed E-state index contributed by atoms with van der Waals surface area (Å²) < 4.78 is 10.7. The van der Waals surface area contributed by atoms with Gasteiger partial charge in [0.15, 0.2) is 0 Å². The number of benzene rings is 2. The van der Waals surface area contributed by atoms with Gasteiger partial charge in [-0.25, -0.2) is 9.59 Å². The van der Waals surface area contributed by atoms with Crippen molar-refractivity contribution in [3.05, 3.63) is 59.7 Å². The third kappa shape index (κ3) is 6.30. The lowest BCUT2D eigenvalue weighted by Crippen LogP contribution is -2.47. The van der Waals surface area contributed by atoms with E-state index in [0.717, 1.165) is 22.3 Å². The van der Waals surface area contributed by atoms with Gasteiger partial charge in [-0.15, -0.1) is 0 Å². The van der Waals surface area contributed by atoms with E-state index in [1.54, 1.807) is 0 Å². The van der Waals surface area contributed by atoms with Crippen molar-refractivity contribution in [2.45, 2.75) is 30.9 Å². The van der Waals surface area contributed by atoms with Crippen LogP contribution in [0.3, 0.4) is 0 Å². The largest absolute Gasteiger partial charge is 0.480 e. The topological polar surface area (TPSA) is 114 Å². The predicted molar refractivity (Wildman–Crippen MR) is 131 cm³/mol. The van der Waals surface area contributed by atoms with Crippen molar-refractivity contribution < 1.29 is 29.0 Å². The number of nitrogens with one attached hydrogen (secondary N) is 2. The fraction of sp³-hybridized carbons (Fsp3) is 0.400. The van der Waals surface area contributed by atoms with Crippen molar-refractivity contribution in [1.29, 1.82) is 0 Å². The van der Waals surface area contributed by atoms with Gasteiger partial charge in [0.1, 0.15) is 18.8 Å². The van der Waals surface area contributed by atoms with Gasteiger partial charge < -0.3 is 25.2 Å². The Morgan fingerprint density at radius 1 is 1.03 bits per heavy atom. The molecule has 182 valence electrons. The Morgan fingerprint density at radius 3 is 2.21 bits per heavy atom. The van der Waals surface area contributed by atoms with E-state index < -0.39 is 30.1 Å². The first-order chi connectivity index (χ1) is 16.5. The smallest absolute Gasteiger partial charge is 0.407 e. The highest BCUT2D eigenvalue weighted by Gasteiger charge is 2.29. The summed E-state index contributed by atoms with van der Waals surface area (Å²) in [7, 11) is 1.37. The van der Waals surface area contributed by atoms with Crippen LogP contribution < -0.4 is 10.6 Å². The molecule has 0 spiro atoms. The lowest BCUT2D eigenvalue weighted by molar-refractivity contribution is -0.144. The molecule has 0 aromatic heterocycles. The highest BCUT2D eigenvalue weighted by molar-refractivity contribution is 7.98. The molecule has 1 aliphatic rings. The number of thioether (sulfide) groups is 1. The average molecular weight is 487 g/mol. The molecule has 2 amide bonds. The molecule has 0 aliphatic heterocycles. The number of rotatable bonds is 12. The second kappa shape index (κ2) is 12.4. The molecule has 0 bridgehead atoms. The van der Waals surface area contributed by atoms with E-state index >= 15 is 0 Å². The number of hydrogen-bond acceptors (Lipinski definition) is 6. The van der Waals surface area contributed by atoms with E-state index in [1.807, 2.05) is 42.7 Å². The van der Waals surface area contributed by atoms with Crippen molar-refractivity contribution in [2.24, 2.45) is 0 Å². The van der Waals surface area contributed by atoms with Gasteiger partial charge >= 0.3 is 12.1 Å². The number of amides is 2. The molecule has 0 heterocycles. The minimum Gasteiger partial charge on any atom is -0.480 e. The highest BCUT2D eigenvalue weighted by atomic mass is 32.2. The highest BCUT2D eigenvalue weighted by Crippen LogP contribution is 2.44. The van der Waals surface area contributed by atoms with Gasteiger partial charge in [0.2, 0.25) is 5.91 Å². The minimum absolute atomic E-state index is 0.0371. The summed E-state index contributed by atoms with van der Waals surface area (Å²) >= 11 is 1.50. The number of carboxylic acids is 1. The quantitative estimate of drug-likeness (QED) is 0.422. The third-order valence-electron chi connectivity index (χ3n) is 5.82. The van der Waals surface area contributed by atoms with Gasteiger partial charge in [-0.3, -0.25) is 4.79 Å². The van der Waals surface area contributed by atoms with E-state index in [1.165, 1.54) is 18.9 Å². The molecule has 9 heteroatoms. The number of alkyl carbamates (subject to hydrolysis) is 1. The number of fused-ring (bicyclic) bond motifs is 3. The molecule has 0 saturated carbocycles. The fourth-order valence-electron chi connectivity index (χ4n) is 4.07. The van der Waals surface area contributed by atoms with Gasteiger partial charge in [-0.1, -0.05) is 48.5 Å². The molecular weight excluding hydrogens is 456 g/mol. The maximum absolute atomic E-state index is 12.4. The number of carbonyl (C=O) groups excluding carboxylic acids is 2. The molecule has 2 aromatic rings. The first-order valence-electron chi connectivity index (χ1n) is 11.1.